The van der Waals surface area contributed by atoms with Crippen LogP contribution in [0.15, 0.2) is 78.9 Å². The van der Waals surface area contributed by atoms with Gasteiger partial charge in [-0.25, -0.2) is 4.39 Å². The first-order valence-corrected chi connectivity index (χ1v) is 10.4. The Labute approximate surface area is 182 Å². The fourth-order valence-electron chi connectivity index (χ4n) is 3.18. The molecule has 0 aliphatic heterocycles. The first-order chi connectivity index (χ1) is 14.9. The molecule has 0 unspecified atom stereocenters. The van der Waals surface area contributed by atoms with Gasteiger partial charge in [-0.05, 0) is 47.4 Å². The Bertz CT molecular complexity index is 1020. The molecule has 3 rings (SSSR count). The van der Waals surface area contributed by atoms with E-state index in [1.807, 2.05) is 68.4 Å². The van der Waals surface area contributed by atoms with Gasteiger partial charge in [0, 0.05) is 17.8 Å². The zero-order valence-corrected chi connectivity index (χ0v) is 17.8. The van der Waals surface area contributed by atoms with E-state index in [9.17, 15) is 14.0 Å². The van der Waals surface area contributed by atoms with E-state index >= 15 is 0 Å². The second-order valence-corrected chi connectivity index (χ2v) is 7.93. The van der Waals surface area contributed by atoms with Crippen molar-refractivity contribution in [1.82, 2.24) is 5.32 Å². The van der Waals surface area contributed by atoms with E-state index in [1.165, 1.54) is 18.2 Å². The molecule has 1 N–H and O–H groups in total. The Kier molecular flexibility index (Phi) is 7.55. The van der Waals surface area contributed by atoms with Crippen molar-refractivity contribution >= 4 is 17.5 Å². The molecule has 0 aliphatic rings. The number of anilines is 1. The highest BCUT2D eigenvalue weighted by Crippen LogP contribution is 2.22. The van der Waals surface area contributed by atoms with E-state index < -0.39 is 5.82 Å². The summed E-state index contributed by atoms with van der Waals surface area (Å²) in [4.78, 5) is 26.9. The lowest BCUT2D eigenvalue weighted by atomic mass is 10.1. The third kappa shape index (κ3) is 6.51. The maximum atomic E-state index is 13.7. The number of benzene rings is 3. The number of nitrogens with zero attached hydrogens (tertiary/aromatic N) is 1. The summed E-state index contributed by atoms with van der Waals surface area (Å²) in [7, 11) is 0. The smallest absolute Gasteiger partial charge is 0.258 e. The zero-order valence-electron chi connectivity index (χ0n) is 17.8. The highest BCUT2D eigenvalue weighted by molar-refractivity contribution is 6.06. The molecule has 0 atom stereocenters. The molecular weight excluding hydrogens is 391 g/mol. The van der Waals surface area contributed by atoms with Gasteiger partial charge < -0.3 is 10.2 Å². The molecule has 0 aliphatic carbocycles. The van der Waals surface area contributed by atoms with Gasteiger partial charge in [-0.1, -0.05) is 62.4 Å². The van der Waals surface area contributed by atoms with Crippen LogP contribution in [0.2, 0.25) is 0 Å². The van der Waals surface area contributed by atoms with Crippen molar-refractivity contribution in [1.29, 1.82) is 0 Å². The molecule has 5 heteroatoms. The quantitative estimate of drug-likeness (QED) is 0.560. The van der Waals surface area contributed by atoms with Crippen LogP contribution in [0.4, 0.5) is 10.1 Å². The molecule has 0 fully saturated rings. The van der Waals surface area contributed by atoms with Gasteiger partial charge in [-0.15, -0.1) is 0 Å². The summed E-state index contributed by atoms with van der Waals surface area (Å²) in [5.74, 6) is -0.371. The van der Waals surface area contributed by atoms with Gasteiger partial charge in [-0.3, -0.25) is 9.59 Å². The second-order valence-electron chi connectivity index (χ2n) is 7.93. The van der Waals surface area contributed by atoms with Crippen LogP contribution in [0.5, 0.6) is 0 Å². The normalized spacial score (nSPS) is 10.7. The van der Waals surface area contributed by atoms with Gasteiger partial charge in [0.05, 0.1) is 13.0 Å². The summed E-state index contributed by atoms with van der Waals surface area (Å²) in [6.07, 6.45) is 0.281. The van der Waals surface area contributed by atoms with Crippen LogP contribution < -0.4 is 10.2 Å². The third-order valence-corrected chi connectivity index (χ3v) is 4.82. The predicted octanol–water partition coefficient (Wildman–Crippen LogP) is 4.99. The molecule has 31 heavy (non-hydrogen) atoms. The summed E-state index contributed by atoms with van der Waals surface area (Å²) in [6.45, 7) is 5.09. The average molecular weight is 419 g/mol. The summed E-state index contributed by atoms with van der Waals surface area (Å²) in [5.41, 5.74) is 2.80. The molecule has 2 amide bonds. The largest absolute Gasteiger partial charge is 0.356 e. The molecule has 0 spiro atoms. The molecular formula is C26H27FN2O2. The number of hydrogen-bond donors (Lipinski definition) is 1. The van der Waals surface area contributed by atoms with Crippen LogP contribution in [0.25, 0.3) is 0 Å². The van der Waals surface area contributed by atoms with E-state index in [0.717, 1.165) is 11.1 Å². The second kappa shape index (κ2) is 10.5. The fourth-order valence-corrected chi connectivity index (χ4v) is 3.18. The number of carbonyl (C=O) groups is 2. The molecule has 160 valence electrons. The first-order valence-electron chi connectivity index (χ1n) is 10.4. The minimum atomic E-state index is -0.451. The molecule has 4 nitrogen and oxygen atoms in total. The van der Waals surface area contributed by atoms with E-state index in [1.54, 1.807) is 11.0 Å². The molecule has 3 aromatic rings. The Morgan fingerprint density at radius 1 is 0.903 bits per heavy atom. The van der Waals surface area contributed by atoms with Gasteiger partial charge >= 0.3 is 0 Å². The Balaban J connectivity index is 1.81. The molecule has 0 saturated heterocycles. The molecule has 3 aromatic carbocycles. The highest BCUT2D eigenvalue weighted by Gasteiger charge is 2.19. The predicted molar refractivity (Wildman–Crippen MR) is 121 cm³/mol. The molecule has 0 bridgehead atoms. The topological polar surface area (TPSA) is 49.4 Å². The van der Waals surface area contributed by atoms with Crippen molar-refractivity contribution < 1.29 is 14.0 Å². The summed E-state index contributed by atoms with van der Waals surface area (Å²) in [6, 6.07) is 22.7. The number of halogens is 1. The van der Waals surface area contributed by atoms with Crippen molar-refractivity contribution in [3.63, 3.8) is 0 Å². The molecule has 0 saturated carbocycles. The highest BCUT2D eigenvalue weighted by atomic mass is 19.1. The number of nitrogens with one attached hydrogen (secondary N) is 1. The lowest BCUT2D eigenvalue weighted by Crippen LogP contribution is -2.30. The van der Waals surface area contributed by atoms with Crippen LogP contribution in [0, 0.1) is 11.7 Å². The standard InChI is InChI=1S/C26H27FN2O2/c1-19(2)17-28-25(30)15-20-11-13-24(14-12-20)29(18-21-7-4-3-5-8-21)26(31)22-9-6-10-23(27)16-22/h3-14,16,19H,15,17-18H2,1-2H3,(H,28,30). The monoisotopic (exact) mass is 418 g/mol. The lowest BCUT2D eigenvalue weighted by Gasteiger charge is -2.23. The Morgan fingerprint density at radius 2 is 1.61 bits per heavy atom. The molecule has 0 radical (unpaired) electrons. The van der Waals surface area contributed by atoms with E-state index in [-0.39, 0.29) is 23.8 Å². The average Bonchev–Trinajstić information content (AvgIpc) is 2.77. The van der Waals surface area contributed by atoms with E-state index in [4.69, 9.17) is 0 Å². The van der Waals surface area contributed by atoms with Gasteiger partial charge in [0.25, 0.3) is 5.91 Å². The van der Waals surface area contributed by atoms with Gasteiger partial charge in [0.2, 0.25) is 5.91 Å². The molecule has 0 aromatic heterocycles. The van der Waals surface area contributed by atoms with E-state index in [2.05, 4.69) is 5.32 Å². The minimum Gasteiger partial charge on any atom is -0.356 e. The van der Waals surface area contributed by atoms with Crippen LogP contribution in [-0.2, 0) is 17.8 Å². The van der Waals surface area contributed by atoms with Gasteiger partial charge in [-0.2, -0.15) is 0 Å². The summed E-state index contributed by atoms with van der Waals surface area (Å²) < 4.78 is 13.7. The zero-order chi connectivity index (χ0) is 22.2. The Morgan fingerprint density at radius 3 is 2.26 bits per heavy atom. The van der Waals surface area contributed by atoms with Crippen molar-refractivity contribution in [2.75, 3.05) is 11.4 Å². The minimum absolute atomic E-state index is 0.0292. The van der Waals surface area contributed by atoms with Crippen molar-refractivity contribution in [3.05, 3.63) is 101 Å². The van der Waals surface area contributed by atoms with Crippen LogP contribution in [-0.4, -0.2) is 18.4 Å². The summed E-state index contributed by atoms with van der Waals surface area (Å²) in [5, 5.41) is 2.91. The molecule has 0 heterocycles. The van der Waals surface area contributed by atoms with Crippen LogP contribution in [0.1, 0.15) is 35.3 Å². The van der Waals surface area contributed by atoms with Crippen molar-refractivity contribution in [3.8, 4) is 0 Å². The SMILES string of the molecule is CC(C)CNC(=O)Cc1ccc(N(Cc2ccccc2)C(=O)c2cccc(F)c2)cc1. The number of amides is 2. The lowest BCUT2D eigenvalue weighted by molar-refractivity contribution is -0.120. The van der Waals surface area contributed by atoms with E-state index in [0.29, 0.717) is 24.7 Å². The fraction of sp³-hybridized carbons (Fsp3) is 0.231. The van der Waals surface area contributed by atoms with Crippen LogP contribution in [0.3, 0.4) is 0 Å². The third-order valence-electron chi connectivity index (χ3n) is 4.82. The summed E-state index contributed by atoms with van der Waals surface area (Å²) >= 11 is 0. The number of rotatable bonds is 8. The van der Waals surface area contributed by atoms with Gasteiger partial charge in [0.15, 0.2) is 0 Å². The maximum absolute atomic E-state index is 13.7. The van der Waals surface area contributed by atoms with Crippen LogP contribution >= 0.6 is 0 Å². The Hall–Kier alpha value is -3.47. The number of carbonyl (C=O) groups excluding carboxylic acids is 2. The van der Waals surface area contributed by atoms with Crippen molar-refractivity contribution in [2.24, 2.45) is 5.92 Å². The van der Waals surface area contributed by atoms with Gasteiger partial charge in [0.1, 0.15) is 5.82 Å². The maximum Gasteiger partial charge on any atom is 0.258 e. The number of hydrogen-bond acceptors (Lipinski definition) is 2. The first kappa shape index (κ1) is 22.2. The van der Waals surface area contributed by atoms with Crippen molar-refractivity contribution in [2.45, 2.75) is 26.8 Å².